The van der Waals surface area contributed by atoms with Gasteiger partial charge in [-0.05, 0) is 38.5 Å². The van der Waals surface area contributed by atoms with Gasteiger partial charge in [-0.3, -0.25) is 4.79 Å². The van der Waals surface area contributed by atoms with E-state index in [1.54, 1.807) is 0 Å². The Morgan fingerprint density at radius 3 is 2.28 bits per heavy atom. The second-order valence-electron chi connectivity index (χ2n) is 5.26. The van der Waals surface area contributed by atoms with Crippen molar-refractivity contribution in [2.75, 3.05) is 13.1 Å². The Kier molecular flexibility index (Phi) is 3.93. The third-order valence-electron chi connectivity index (χ3n) is 3.81. The molecule has 1 aliphatic heterocycles. The number of carboxylic acid groups (broad SMARTS) is 1. The summed E-state index contributed by atoms with van der Waals surface area (Å²) in [7, 11) is -3.45. The SMILES string of the molecule is CC(NS(=O)(=O)N1CCC(C(=O)O)CC1)C1CC1. The molecule has 2 aliphatic rings. The molecule has 2 N–H and O–H groups in total. The van der Waals surface area contributed by atoms with Crippen LogP contribution in [0.4, 0.5) is 0 Å². The first-order chi connectivity index (χ1) is 8.40. The molecule has 1 unspecified atom stereocenters. The molecule has 2 rings (SSSR count). The number of piperidine rings is 1. The highest BCUT2D eigenvalue weighted by atomic mass is 32.2. The molecule has 1 atom stereocenters. The van der Waals surface area contributed by atoms with Crippen LogP contribution >= 0.6 is 0 Å². The lowest BCUT2D eigenvalue weighted by atomic mass is 9.99. The second kappa shape index (κ2) is 5.14. The van der Waals surface area contributed by atoms with Crippen LogP contribution in [0.3, 0.4) is 0 Å². The Morgan fingerprint density at radius 2 is 1.83 bits per heavy atom. The van der Waals surface area contributed by atoms with E-state index >= 15 is 0 Å². The van der Waals surface area contributed by atoms with Crippen molar-refractivity contribution < 1.29 is 18.3 Å². The van der Waals surface area contributed by atoms with Gasteiger partial charge in [-0.1, -0.05) is 0 Å². The molecule has 1 saturated carbocycles. The Labute approximate surface area is 108 Å². The predicted molar refractivity (Wildman–Crippen MR) is 66.2 cm³/mol. The number of rotatable bonds is 5. The van der Waals surface area contributed by atoms with Gasteiger partial charge in [0.25, 0.3) is 10.2 Å². The van der Waals surface area contributed by atoms with E-state index in [1.165, 1.54) is 4.31 Å². The summed E-state index contributed by atoms with van der Waals surface area (Å²) in [5.41, 5.74) is 0. The Balaban J connectivity index is 1.89. The van der Waals surface area contributed by atoms with Crippen molar-refractivity contribution >= 4 is 16.2 Å². The Bertz CT molecular complexity index is 411. The molecule has 1 saturated heterocycles. The summed E-state index contributed by atoms with van der Waals surface area (Å²) in [6.45, 7) is 2.48. The molecule has 0 spiro atoms. The number of carboxylic acids is 1. The minimum Gasteiger partial charge on any atom is -0.481 e. The zero-order valence-electron chi connectivity index (χ0n) is 10.5. The van der Waals surface area contributed by atoms with Gasteiger partial charge in [0.1, 0.15) is 0 Å². The third kappa shape index (κ3) is 3.21. The first-order valence-electron chi connectivity index (χ1n) is 6.40. The van der Waals surface area contributed by atoms with Crippen LogP contribution in [0.5, 0.6) is 0 Å². The number of nitrogens with zero attached hydrogens (tertiary/aromatic N) is 1. The normalized spacial score (nSPS) is 24.9. The van der Waals surface area contributed by atoms with Crippen LogP contribution in [-0.2, 0) is 15.0 Å². The van der Waals surface area contributed by atoms with Gasteiger partial charge in [-0.25, -0.2) is 0 Å². The molecule has 0 bridgehead atoms. The Hall–Kier alpha value is -0.660. The summed E-state index contributed by atoms with van der Waals surface area (Å²) in [6.07, 6.45) is 2.97. The minimum absolute atomic E-state index is 0.0211. The highest BCUT2D eigenvalue weighted by Gasteiger charge is 2.35. The zero-order chi connectivity index (χ0) is 13.3. The molecule has 0 amide bonds. The molecule has 0 aromatic heterocycles. The van der Waals surface area contributed by atoms with E-state index in [2.05, 4.69) is 4.72 Å². The van der Waals surface area contributed by atoms with Crippen LogP contribution in [-0.4, -0.2) is 42.9 Å². The van der Waals surface area contributed by atoms with Crippen molar-refractivity contribution in [3.63, 3.8) is 0 Å². The lowest BCUT2D eigenvalue weighted by molar-refractivity contribution is -0.142. The van der Waals surface area contributed by atoms with Gasteiger partial charge in [-0.2, -0.15) is 17.4 Å². The predicted octanol–water partition coefficient (Wildman–Crippen LogP) is 0.416. The maximum Gasteiger partial charge on any atom is 0.306 e. The first-order valence-corrected chi connectivity index (χ1v) is 7.84. The van der Waals surface area contributed by atoms with Gasteiger partial charge >= 0.3 is 5.97 Å². The summed E-state index contributed by atoms with van der Waals surface area (Å²) in [6, 6.07) is -0.0211. The fraction of sp³-hybridized carbons (Fsp3) is 0.909. The number of carbonyl (C=O) groups is 1. The summed E-state index contributed by atoms with van der Waals surface area (Å²) in [5.74, 6) is -0.764. The molecule has 0 radical (unpaired) electrons. The molecule has 6 nitrogen and oxygen atoms in total. The molecule has 104 valence electrons. The monoisotopic (exact) mass is 276 g/mol. The maximum absolute atomic E-state index is 12.1. The number of hydrogen-bond acceptors (Lipinski definition) is 3. The molecule has 0 aromatic rings. The van der Waals surface area contributed by atoms with Gasteiger partial charge in [0, 0.05) is 19.1 Å². The highest BCUT2D eigenvalue weighted by Crippen LogP contribution is 2.33. The van der Waals surface area contributed by atoms with Gasteiger partial charge in [0.2, 0.25) is 0 Å². The molecule has 7 heteroatoms. The largest absolute Gasteiger partial charge is 0.481 e. The van der Waals surface area contributed by atoms with E-state index in [-0.39, 0.29) is 6.04 Å². The average molecular weight is 276 g/mol. The molecular formula is C11H20N2O4S. The van der Waals surface area contributed by atoms with Crippen LogP contribution < -0.4 is 4.72 Å². The molecule has 1 heterocycles. The number of aliphatic carboxylic acids is 1. The molecule has 1 aliphatic carbocycles. The standard InChI is InChI=1S/C11H20N2O4S/c1-8(9-2-3-9)12-18(16,17)13-6-4-10(5-7-13)11(14)15/h8-10,12H,2-7H2,1H3,(H,14,15). The van der Waals surface area contributed by atoms with Crippen LogP contribution in [0.2, 0.25) is 0 Å². The first kappa shape index (κ1) is 13.8. The quantitative estimate of drug-likeness (QED) is 0.761. The maximum atomic E-state index is 12.1. The van der Waals surface area contributed by atoms with Gasteiger partial charge < -0.3 is 5.11 Å². The Morgan fingerprint density at radius 1 is 1.28 bits per heavy atom. The summed E-state index contributed by atoms with van der Waals surface area (Å²) in [4.78, 5) is 10.8. The minimum atomic E-state index is -3.45. The van der Waals surface area contributed by atoms with Crippen molar-refractivity contribution in [1.29, 1.82) is 0 Å². The highest BCUT2D eigenvalue weighted by molar-refractivity contribution is 7.87. The summed E-state index contributed by atoms with van der Waals surface area (Å²) in [5, 5.41) is 8.87. The lowest BCUT2D eigenvalue weighted by Crippen LogP contribution is -2.48. The van der Waals surface area contributed by atoms with Crippen molar-refractivity contribution in [2.24, 2.45) is 11.8 Å². The second-order valence-corrected chi connectivity index (χ2v) is 6.96. The van der Waals surface area contributed by atoms with E-state index < -0.39 is 22.1 Å². The molecule has 0 aromatic carbocycles. The van der Waals surface area contributed by atoms with Gasteiger partial charge in [0.05, 0.1) is 5.92 Å². The van der Waals surface area contributed by atoms with Crippen molar-refractivity contribution in [1.82, 2.24) is 9.03 Å². The van der Waals surface area contributed by atoms with Crippen molar-refractivity contribution in [2.45, 2.75) is 38.6 Å². The average Bonchev–Trinajstić information content (AvgIpc) is 3.12. The lowest BCUT2D eigenvalue weighted by Gasteiger charge is -2.30. The third-order valence-corrected chi connectivity index (χ3v) is 5.52. The van der Waals surface area contributed by atoms with Crippen LogP contribution in [0.25, 0.3) is 0 Å². The summed E-state index contributed by atoms with van der Waals surface area (Å²) < 4.78 is 28.2. The molecule has 2 fully saturated rings. The molecular weight excluding hydrogens is 256 g/mol. The van der Waals surface area contributed by atoms with Gasteiger partial charge in [0.15, 0.2) is 0 Å². The van der Waals surface area contributed by atoms with E-state index in [1.807, 2.05) is 6.92 Å². The zero-order valence-corrected chi connectivity index (χ0v) is 11.3. The van der Waals surface area contributed by atoms with Crippen molar-refractivity contribution in [3.05, 3.63) is 0 Å². The van der Waals surface area contributed by atoms with Crippen molar-refractivity contribution in [3.8, 4) is 0 Å². The van der Waals surface area contributed by atoms with E-state index in [0.29, 0.717) is 31.8 Å². The van der Waals surface area contributed by atoms with E-state index in [0.717, 1.165) is 12.8 Å². The molecule has 18 heavy (non-hydrogen) atoms. The smallest absolute Gasteiger partial charge is 0.306 e. The van der Waals surface area contributed by atoms with E-state index in [9.17, 15) is 13.2 Å². The van der Waals surface area contributed by atoms with Crippen LogP contribution in [0.1, 0.15) is 32.6 Å². The topological polar surface area (TPSA) is 86.7 Å². The van der Waals surface area contributed by atoms with Crippen LogP contribution in [0.15, 0.2) is 0 Å². The van der Waals surface area contributed by atoms with E-state index in [4.69, 9.17) is 5.11 Å². The fourth-order valence-electron chi connectivity index (χ4n) is 2.35. The number of hydrogen-bond donors (Lipinski definition) is 2. The number of nitrogens with one attached hydrogen (secondary N) is 1. The fourth-order valence-corrected chi connectivity index (χ4v) is 3.85. The van der Waals surface area contributed by atoms with Crippen LogP contribution in [0, 0.1) is 11.8 Å². The van der Waals surface area contributed by atoms with Gasteiger partial charge in [-0.15, -0.1) is 0 Å². The summed E-state index contributed by atoms with van der Waals surface area (Å²) >= 11 is 0.